The molecule has 0 atom stereocenters. The fourth-order valence-electron chi connectivity index (χ4n) is 2.81. The minimum absolute atomic E-state index is 0.134. The summed E-state index contributed by atoms with van der Waals surface area (Å²) in [6.07, 6.45) is 2.34. The van der Waals surface area contributed by atoms with E-state index in [4.69, 9.17) is 9.47 Å². The number of anilines is 1. The first-order valence-electron chi connectivity index (χ1n) is 8.48. The van der Waals surface area contributed by atoms with E-state index < -0.39 is 0 Å². The molecule has 0 aliphatic heterocycles. The lowest BCUT2D eigenvalue weighted by atomic mass is 10.1. The molecule has 140 valence electrons. The number of benzene rings is 2. The lowest BCUT2D eigenvalue weighted by molar-refractivity contribution is -0.116. The molecule has 2 aromatic carbocycles. The number of ether oxygens (including phenoxy) is 2. The number of hydrogen-bond donors (Lipinski definition) is 1. The Balaban J connectivity index is 1.68. The monoisotopic (exact) mass is 367 g/mol. The van der Waals surface area contributed by atoms with E-state index in [-0.39, 0.29) is 11.5 Å². The zero-order chi connectivity index (χ0) is 19.4. The summed E-state index contributed by atoms with van der Waals surface area (Å²) in [5.74, 6) is 1.15. The van der Waals surface area contributed by atoms with Crippen molar-refractivity contribution in [2.45, 2.75) is 12.8 Å². The number of carbonyl (C=O) groups excluding carboxylic acids is 1. The van der Waals surface area contributed by atoms with Gasteiger partial charge < -0.3 is 19.4 Å². The van der Waals surface area contributed by atoms with Gasteiger partial charge in [-0.3, -0.25) is 9.59 Å². The van der Waals surface area contributed by atoms with Crippen LogP contribution in [0.5, 0.6) is 11.5 Å². The van der Waals surface area contributed by atoms with E-state index in [1.54, 1.807) is 39.5 Å². The van der Waals surface area contributed by atoms with Gasteiger partial charge in [0.05, 0.1) is 31.4 Å². The van der Waals surface area contributed by atoms with Crippen LogP contribution in [0.25, 0.3) is 10.9 Å². The highest BCUT2D eigenvalue weighted by molar-refractivity contribution is 5.93. The van der Waals surface area contributed by atoms with E-state index in [1.807, 2.05) is 18.2 Å². The summed E-state index contributed by atoms with van der Waals surface area (Å²) in [7, 11) is 4.80. The van der Waals surface area contributed by atoms with Crippen molar-refractivity contribution in [1.82, 2.24) is 9.55 Å². The Hall–Kier alpha value is -3.35. The Bertz CT molecular complexity index is 1040. The van der Waals surface area contributed by atoms with Gasteiger partial charge in [-0.25, -0.2) is 4.98 Å². The molecule has 1 N–H and O–H groups in total. The van der Waals surface area contributed by atoms with Gasteiger partial charge in [0.25, 0.3) is 5.56 Å². The van der Waals surface area contributed by atoms with Crippen LogP contribution < -0.4 is 20.3 Å². The van der Waals surface area contributed by atoms with E-state index in [2.05, 4.69) is 10.3 Å². The zero-order valence-corrected chi connectivity index (χ0v) is 15.5. The van der Waals surface area contributed by atoms with Crippen molar-refractivity contribution in [2.24, 2.45) is 7.05 Å². The van der Waals surface area contributed by atoms with Gasteiger partial charge in [-0.2, -0.15) is 0 Å². The van der Waals surface area contributed by atoms with Crippen molar-refractivity contribution in [3.8, 4) is 11.5 Å². The number of amides is 1. The Morgan fingerprint density at radius 1 is 1.11 bits per heavy atom. The van der Waals surface area contributed by atoms with Crippen LogP contribution in [0, 0.1) is 0 Å². The molecular formula is C20H21N3O4. The van der Waals surface area contributed by atoms with Crippen molar-refractivity contribution in [3.63, 3.8) is 0 Å². The van der Waals surface area contributed by atoms with Crippen LogP contribution in [0.4, 0.5) is 5.69 Å². The standard InChI is InChI=1S/C20H21N3O4/c1-23-12-21-16-7-6-14(11-15(16)20(23)25)22-19(24)9-5-13-4-8-17(26-2)18(10-13)27-3/h4,6-8,10-12H,5,9H2,1-3H3,(H,22,24). The van der Waals surface area contributed by atoms with Crippen LogP contribution in [-0.4, -0.2) is 29.7 Å². The van der Waals surface area contributed by atoms with Crippen molar-refractivity contribution < 1.29 is 14.3 Å². The highest BCUT2D eigenvalue weighted by atomic mass is 16.5. The zero-order valence-electron chi connectivity index (χ0n) is 15.5. The molecule has 3 aromatic rings. The number of nitrogens with one attached hydrogen (secondary N) is 1. The second-order valence-electron chi connectivity index (χ2n) is 6.13. The van der Waals surface area contributed by atoms with Crippen molar-refractivity contribution in [2.75, 3.05) is 19.5 Å². The number of carbonyl (C=O) groups is 1. The first kappa shape index (κ1) is 18.4. The van der Waals surface area contributed by atoms with Gasteiger partial charge in [0.2, 0.25) is 5.91 Å². The molecule has 0 fully saturated rings. The molecule has 0 unspecified atom stereocenters. The number of nitrogens with zero attached hydrogens (tertiary/aromatic N) is 2. The fourth-order valence-corrected chi connectivity index (χ4v) is 2.81. The normalized spacial score (nSPS) is 10.6. The van der Waals surface area contributed by atoms with E-state index >= 15 is 0 Å². The van der Waals surface area contributed by atoms with Gasteiger partial charge in [0.15, 0.2) is 11.5 Å². The molecule has 1 aromatic heterocycles. The number of aryl methyl sites for hydroxylation is 2. The highest BCUT2D eigenvalue weighted by Gasteiger charge is 2.09. The second kappa shape index (κ2) is 7.90. The Morgan fingerprint density at radius 2 is 1.89 bits per heavy atom. The van der Waals surface area contributed by atoms with Gasteiger partial charge in [-0.15, -0.1) is 0 Å². The first-order chi connectivity index (χ1) is 13.0. The van der Waals surface area contributed by atoms with E-state index in [0.29, 0.717) is 40.9 Å². The third kappa shape index (κ3) is 4.08. The average molecular weight is 367 g/mol. The Morgan fingerprint density at radius 3 is 2.63 bits per heavy atom. The Labute approximate surface area is 156 Å². The molecule has 3 rings (SSSR count). The molecule has 7 heteroatoms. The quantitative estimate of drug-likeness (QED) is 0.724. The van der Waals surface area contributed by atoms with Gasteiger partial charge in [0.1, 0.15) is 0 Å². The van der Waals surface area contributed by atoms with Gasteiger partial charge in [0, 0.05) is 19.2 Å². The topological polar surface area (TPSA) is 82.5 Å². The number of rotatable bonds is 6. The molecule has 0 spiro atoms. The minimum Gasteiger partial charge on any atom is -0.493 e. The summed E-state index contributed by atoms with van der Waals surface area (Å²) in [6, 6.07) is 10.7. The molecule has 0 aliphatic rings. The molecule has 0 bridgehead atoms. The summed E-state index contributed by atoms with van der Waals surface area (Å²) in [6.45, 7) is 0. The van der Waals surface area contributed by atoms with Crippen LogP contribution in [0.3, 0.4) is 0 Å². The average Bonchev–Trinajstić information content (AvgIpc) is 2.69. The maximum Gasteiger partial charge on any atom is 0.260 e. The number of fused-ring (bicyclic) bond motifs is 1. The second-order valence-corrected chi connectivity index (χ2v) is 6.13. The molecule has 0 saturated carbocycles. The minimum atomic E-state index is -0.151. The number of aromatic nitrogens is 2. The van der Waals surface area contributed by atoms with Crippen molar-refractivity contribution in [3.05, 3.63) is 58.6 Å². The first-order valence-corrected chi connectivity index (χ1v) is 8.48. The number of methoxy groups -OCH3 is 2. The summed E-state index contributed by atoms with van der Waals surface area (Å²) < 4.78 is 11.9. The van der Waals surface area contributed by atoms with E-state index in [0.717, 1.165) is 5.56 Å². The maximum absolute atomic E-state index is 12.3. The highest BCUT2D eigenvalue weighted by Crippen LogP contribution is 2.28. The van der Waals surface area contributed by atoms with E-state index in [9.17, 15) is 9.59 Å². The molecule has 7 nitrogen and oxygen atoms in total. The third-order valence-corrected chi connectivity index (χ3v) is 4.29. The smallest absolute Gasteiger partial charge is 0.260 e. The predicted octanol–water partition coefficient (Wildman–Crippen LogP) is 2.52. The largest absolute Gasteiger partial charge is 0.493 e. The molecule has 0 aliphatic carbocycles. The van der Waals surface area contributed by atoms with Crippen LogP contribution in [0.2, 0.25) is 0 Å². The summed E-state index contributed by atoms with van der Waals surface area (Å²) in [5, 5.41) is 3.30. The van der Waals surface area contributed by atoms with Gasteiger partial charge in [-0.05, 0) is 42.3 Å². The molecular weight excluding hydrogens is 346 g/mol. The van der Waals surface area contributed by atoms with Gasteiger partial charge in [-0.1, -0.05) is 6.07 Å². The predicted molar refractivity (Wildman–Crippen MR) is 103 cm³/mol. The lowest BCUT2D eigenvalue weighted by Crippen LogP contribution is -2.17. The molecule has 1 heterocycles. The lowest BCUT2D eigenvalue weighted by Gasteiger charge is -2.10. The molecule has 27 heavy (non-hydrogen) atoms. The molecule has 1 amide bonds. The number of hydrogen-bond acceptors (Lipinski definition) is 5. The third-order valence-electron chi connectivity index (χ3n) is 4.29. The maximum atomic E-state index is 12.3. The molecule has 0 radical (unpaired) electrons. The van der Waals surface area contributed by atoms with E-state index in [1.165, 1.54) is 10.9 Å². The SMILES string of the molecule is COc1ccc(CCC(=O)Nc2ccc3ncn(C)c(=O)c3c2)cc1OC. The summed E-state index contributed by atoms with van der Waals surface area (Å²) in [4.78, 5) is 28.7. The van der Waals surface area contributed by atoms with Crippen molar-refractivity contribution >= 4 is 22.5 Å². The van der Waals surface area contributed by atoms with Crippen LogP contribution in [0.15, 0.2) is 47.5 Å². The summed E-state index contributed by atoms with van der Waals surface area (Å²) >= 11 is 0. The van der Waals surface area contributed by atoms with Crippen LogP contribution in [-0.2, 0) is 18.3 Å². The van der Waals surface area contributed by atoms with Crippen LogP contribution >= 0.6 is 0 Å². The summed E-state index contributed by atoms with van der Waals surface area (Å²) in [5.41, 5.74) is 1.99. The Kier molecular flexibility index (Phi) is 5.40. The van der Waals surface area contributed by atoms with Gasteiger partial charge >= 0.3 is 0 Å². The fraction of sp³-hybridized carbons (Fsp3) is 0.250. The van der Waals surface area contributed by atoms with Crippen LogP contribution in [0.1, 0.15) is 12.0 Å². The van der Waals surface area contributed by atoms with Crippen molar-refractivity contribution in [1.29, 1.82) is 0 Å². The molecule has 0 saturated heterocycles.